The SMILES string of the molecule is CN1C(=O)c2cn(c(=O)cc2-c2ccccc2)CC2(O)CCN(C(=O)C3CC(C(F)(F)F)C3)CC23CCC1C3. The van der Waals surface area contributed by atoms with Crippen molar-refractivity contribution in [2.75, 3.05) is 20.1 Å². The van der Waals surface area contributed by atoms with E-state index in [2.05, 4.69) is 0 Å². The molecular formula is C29H32F3N3O4. The molecule has 1 aromatic carbocycles. The molecule has 3 heterocycles. The number of aromatic nitrogens is 1. The summed E-state index contributed by atoms with van der Waals surface area (Å²) in [6.45, 7) is 0.407. The molecule has 4 aliphatic rings. The molecule has 39 heavy (non-hydrogen) atoms. The summed E-state index contributed by atoms with van der Waals surface area (Å²) >= 11 is 0. The number of carbonyl (C=O) groups is 2. The van der Waals surface area contributed by atoms with Gasteiger partial charge in [0, 0.05) is 55.3 Å². The van der Waals surface area contributed by atoms with E-state index in [1.54, 1.807) is 23.0 Å². The maximum atomic E-state index is 13.8. The third-order valence-corrected chi connectivity index (χ3v) is 9.86. The lowest BCUT2D eigenvalue weighted by atomic mass is 9.65. The zero-order valence-electron chi connectivity index (χ0n) is 21.8. The van der Waals surface area contributed by atoms with E-state index < -0.39 is 29.0 Å². The van der Waals surface area contributed by atoms with E-state index in [1.165, 1.54) is 10.6 Å². The van der Waals surface area contributed by atoms with E-state index in [-0.39, 0.29) is 62.3 Å². The van der Waals surface area contributed by atoms with E-state index in [9.17, 15) is 32.7 Å². The second kappa shape index (κ2) is 8.94. The van der Waals surface area contributed by atoms with Gasteiger partial charge in [-0.05, 0) is 44.1 Å². The number of aliphatic hydroxyl groups is 1. The number of amides is 2. The molecule has 1 N–H and O–H groups in total. The van der Waals surface area contributed by atoms with Crippen LogP contribution in [0.1, 0.15) is 48.9 Å². The summed E-state index contributed by atoms with van der Waals surface area (Å²) in [5.74, 6) is -2.60. The number of carbonyl (C=O) groups excluding carboxylic acids is 2. The Morgan fingerprint density at radius 1 is 1.05 bits per heavy atom. The molecule has 208 valence electrons. The van der Waals surface area contributed by atoms with Crippen LogP contribution in [0.2, 0.25) is 0 Å². The first-order chi connectivity index (χ1) is 18.4. The highest BCUT2D eigenvalue weighted by atomic mass is 19.4. The highest BCUT2D eigenvalue weighted by molar-refractivity contribution is 6.00. The number of nitrogens with zero attached hydrogens (tertiary/aromatic N) is 3. The predicted molar refractivity (Wildman–Crippen MR) is 137 cm³/mol. The average molecular weight is 544 g/mol. The lowest BCUT2D eigenvalue weighted by Gasteiger charge is -2.54. The molecular weight excluding hydrogens is 511 g/mol. The van der Waals surface area contributed by atoms with Crippen LogP contribution in [0, 0.1) is 17.3 Å². The summed E-state index contributed by atoms with van der Waals surface area (Å²) in [6.07, 6.45) is -1.30. The van der Waals surface area contributed by atoms with Crippen LogP contribution in [0.4, 0.5) is 13.2 Å². The van der Waals surface area contributed by atoms with Gasteiger partial charge in [0.2, 0.25) is 5.91 Å². The lowest BCUT2D eigenvalue weighted by molar-refractivity contribution is -0.208. The minimum Gasteiger partial charge on any atom is -0.387 e. The van der Waals surface area contributed by atoms with Crippen LogP contribution in [0.15, 0.2) is 47.4 Å². The summed E-state index contributed by atoms with van der Waals surface area (Å²) in [6, 6.07) is 10.5. The molecule has 2 aliphatic heterocycles. The molecule has 1 saturated heterocycles. The summed E-state index contributed by atoms with van der Waals surface area (Å²) in [5.41, 5.74) is -0.735. The molecule has 6 rings (SSSR count). The van der Waals surface area contributed by atoms with Crippen LogP contribution >= 0.6 is 0 Å². The Balaban J connectivity index is 1.34. The molecule has 7 nitrogen and oxygen atoms in total. The van der Waals surface area contributed by atoms with E-state index in [4.69, 9.17) is 0 Å². The van der Waals surface area contributed by atoms with E-state index >= 15 is 0 Å². The zero-order valence-corrected chi connectivity index (χ0v) is 21.8. The van der Waals surface area contributed by atoms with Crippen LogP contribution in [-0.2, 0) is 11.3 Å². The number of piperidine rings is 1. The van der Waals surface area contributed by atoms with Gasteiger partial charge in [-0.2, -0.15) is 13.2 Å². The van der Waals surface area contributed by atoms with Crippen molar-refractivity contribution < 1.29 is 27.9 Å². The number of alkyl halides is 3. The quantitative estimate of drug-likeness (QED) is 0.627. The number of benzene rings is 1. The molecule has 3 atom stereocenters. The van der Waals surface area contributed by atoms with Gasteiger partial charge in [-0.3, -0.25) is 14.4 Å². The third-order valence-electron chi connectivity index (χ3n) is 9.86. The Kier molecular flexibility index (Phi) is 5.98. The van der Waals surface area contributed by atoms with Crippen molar-refractivity contribution in [3.63, 3.8) is 0 Å². The Morgan fingerprint density at radius 2 is 1.77 bits per heavy atom. The predicted octanol–water partition coefficient (Wildman–Crippen LogP) is 3.69. The fourth-order valence-corrected chi connectivity index (χ4v) is 7.31. The number of hydrogen-bond donors (Lipinski definition) is 1. The van der Waals surface area contributed by atoms with Gasteiger partial charge in [-0.15, -0.1) is 0 Å². The molecule has 3 fully saturated rings. The van der Waals surface area contributed by atoms with Gasteiger partial charge in [-0.25, -0.2) is 0 Å². The Bertz CT molecular complexity index is 1370. The van der Waals surface area contributed by atoms with Crippen LogP contribution in [0.25, 0.3) is 11.1 Å². The van der Waals surface area contributed by atoms with Crippen molar-refractivity contribution >= 4 is 11.8 Å². The second-order valence-corrected chi connectivity index (χ2v) is 12.0. The lowest BCUT2D eigenvalue weighted by Crippen LogP contribution is -2.63. The van der Waals surface area contributed by atoms with Crippen molar-refractivity contribution in [2.45, 2.75) is 62.9 Å². The van der Waals surface area contributed by atoms with Crippen LogP contribution in [-0.4, -0.2) is 69.2 Å². The van der Waals surface area contributed by atoms with Crippen molar-refractivity contribution in [3.8, 4) is 11.1 Å². The number of fused-ring (bicyclic) bond motifs is 3. The second-order valence-electron chi connectivity index (χ2n) is 12.0. The van der Waals surface area contributed by atoms with Gasteiger partial charge in [-0.1, -0.05) is 30.3 Å². The van der Waals surface area contributed by atoms with Crippen LogP contribution in [0.3, 0.4) is 0 Å². The summed E-state index contributed by atoms with van der Waals surface area (Å²) in [5, 5.41) is 12.2. The van der Waals surface area contributed by atoms with E-state index in [0.29, 0.717) is 30.4 Å². The van der Waals surface area contributed by atoms with Gasteiger partial charge >= 0.3 is 6.18 Å². The first-order valence-electron chi connectivity index (χ1n) is 13.6. The van der Waals surface area contributed by atoms with Gasteiger partial charge in [0.1, 0.15) is 0 Å². The zero-order chi connectivity index (χ0) is 27.7. The van der Waals surface area contributed by atoms with Gasteiger partial charge in [0.05, 0.1) is 23.6 Å². The van der Waals surface area contributed by atoms with Crippen molar-refractivity contribution in [2.24, 2.45) is 17.3 Å². The van der Waals surface area contributed by atoms with Gasteiger partial charge in [0.25, 0.3) is 11.5 Å². The number of rotatable bonds is 2. The first kappa shape index (κ1) is 26.1. The fourth-order valence-electron chi connectivity index (χ4n) is 7.31. The first-order valence-corrected chi connectivity index (χ1v) is 13.6. The molecule has 1 aromatic heterocycles. The third kappa shape index (κ3) is 4.18. The monoisotopic (exact) mass is 543 g/mol. The molecule has 2 amide bonds. The molecule has 3 unspecified atom stereocenters. The normalized spacial score (nSPS) is 32.4. The Morgan fingerprint density at radius 3 is 2.46 bits per heavy atom. The minimum atomic E-state index is -4.29. The highest BCUT2D eigenvalue weighted by Gasteiger charge is 2.60. The fraction of sp³-hybridized carbons (Fsp3) is 0.552. The molecule has 2 saturated carbocycles. The van der Waals surface area contributed by atoms with Gasteiger partial charge < -0.3 is 19.5 Å². The smallest absolute Gasteiger partial charge is 0.387 e. The van der Waals surface area contributed by atoms with Gasteiger partial charge in [0.15, 0.2) is 0 Å². The summed E-state index contributed by atoms with van der Waals surface area (Å²) < 4.78 is 40.5. The summed E-state index contributed by atoms with van der Waals surface area (Å²) in [4.78, 5) is 43.6. The number of hydrogen-bond acceptors (Lipinski definition) is 4. The number of pyridine rings is 1. The number of likely N-dealkylation sites (tertiary alicyclic amines) is 1. The minimum absolute atomic E-state index is 0.0147. The Hall–Kier alpha value is -3.14. The molecule has 2 aromatic rings. The largest absolute Gasteiger partial charge is 0.391 e. The average Bonchev–Trinajstić information content (AvgIpc) is 3.29. The summed E-state index contributed by atoms with van der Waals surface area (Å²) in [7, 11) is 1.73. The standard InChI is InChI=1S/C29H32F3N3O4/c1-33-21-7-8-27(14-21)16-34(25(37)19-11-20(12-19)29(30,31)32)10-9-28(27,39)17-35-15-23(26(33)38)22(13-24(35)36)18-5-3-2-4-6-18/h2-6,13,15,19-21,39H,7-12,14,16-17H2,1H3. The maximum absolute atomic E-state index is 13.8. The van der Waals surface area contributed by atoms with Crippen molar-refractivity contribution in [3.05, 3.63) is 58.5 Å². The molecule has 10 heteroatoms. The van der Waals surface area contributed by atoms with Crippen LogP contribution < -0.4 is 5.56 Å². The van der Waals surface area contributed by atoms with E-state index in [0.717, 1.165) is 5.56 Å². The highest BCUT2D eigenvalue weighted by Crippen LogP contribution is 2.54. The molecule has 0 radical (unpaired) electrons. The number of halogens is 3. The topological polar surface area (TPSA) is 82.8 Å². The van der Waals surface area contributed by atoms with E-state index in [1.807, 2.05) is 30.3 Å². The molecule has 2 aliphatic carbocycles. The molecule has 1 spiro atoms. The maximum Gasteiger partial charge on any atom is 0.391 e. The van der Waals surface area contributed by atoms with Crippen LogP contribution in [0.5, 0.6) is 0 Å². The Labute approximate surface area is 224 Å². The van der Waals surface area contributed by atoms with Crippen molar-refractivity contribution in [1.29, 1.82) is 0 Å². The molecule has 4 bridgehead atoms. The van der Waals surface area contributed by atoms with Crippen molar-refractivity contribution in [1.82, 2.24) is 14.4 Å².